The first kappa shape index (κ1) is 20.4. The fraction of sp³-hybridized carbons (Fsp3) is 0.250. The molecule has 1 saturated heterocycles. The SMILES string of the molecule is CCN1CCN(c2nc3ccccn3c(=O)c2/C=C(\C#N)c2nc3ccccc3s2)CC1. The number of aromatic nitrogens is 3. The molecule has 4 heterocycles. The van der Waals surface area contributed by atoms with Crippen molar-refractivity contribution in [1.29, 1.82) is 5.26 Å². The van der Waals surface area contributed by atoms with Gasteiger partial charge < -0.3 is 9.80 Å². The van der Waals surface area contributed by atoms with Gasteiger partial charge in [0, 0.05) is 32.4 Å². The van der Waals surface area contributed by atoms with Gasteiger partial charge in [-0.1, -0.05) is 25.1 Å². The Balaban J connectivity index is 1.66. The zero-order chi connectivity index (χ0) is 22.1. The lowest BCUT2D eigenvalue weighted by molar-refractivity contribution is 0.270. The number of benzene rings is 1. The van der Waals surface area contributed by atoms with E-state index in [9.17, 15) is 10.1 Å². The number of likely N-dealkylation sites (N-methyl/N-ethyl adjacent to an activating group) is 1. The summed E-state index contributed by atoms with van der Waals surface area (Å²) in [6.07, 6.45) is 3.37. The van der Waals surface area contributed by atoms with Gasteiger partial charge in [-0.25, -0.2) is 9.97 Å². The molecule has 1 aliphatic heterocycles. The van der Waals surface area contributed by atoms with Gasteiger partial charge >= 0.3 is 0 Å². The average molecular weight is 443 g/mol. The number of hydrogen-bond acceptors (Lipinski definition) is 7. The Labute approximate surface area is 189 Å². The second kappa shape index (κ2) is 8.54. The maximum Gasteiger partial charge on any atom is 0.267 e. The third-order valence-electron chi connectivity index (χ3n) is 5.80. The van der Waals surface area contributed by atoms with Crippen LogP contribution >= 0.6 is 11.3 Å². The number of anilines is 1. The smallest absolute Gasteiger partial charge is 0.267 e. The highest BCUT2D eigenvalue weighted by Gasteiger charge is 2.22. The summed E-state index contributed by atoms with van der Waals surface area (Å²) in [5.74, 6) is 0.630. The van der Waals surface area contributed by atoms with Crippen molar-refractivity contribution in [2.75, 3.05) is 37.6 Å². The van der Waals surface area contributed by atoms with Crippen molar-refractivity contribution in [3.8, 4) is 6.07 Å². The number of hydrogen-bond donors (Lipinski definition) is 0. The fourth-order valence-corrected chi connectivity index (χ4v) is 4.94. The summed E-state index contributed by atoms with van der Waals surface area (Å²) in [6.45, 7) is 6.56. The van der Waals surface area contributed by atoms with E-state index in [4.69, 9.17) is 4.98 Å². The van der Waals surface area contributed by atoms with Crippen LogP contribution in [-0.2, 0) is 0 Å². The Morgan fingerprint density at radius 2 is 1.91 bits per heavy atom. The van der Waals surface area contributed by atoms with E-state index >= 15 is 0 Å². The Kier molecular flexibility index (Phi) is 5.43. The summed E-state index contributed by atoms with van der Waals surface area (Å²) < 4.78 is 2.54. The van der Waals surface area contributed by atoms with Gasteiger partial charge in [0.25, 0.3) is 5.56 Å². The molecule has 0 atom stereocenters. The largest absolute Gasteiger partial charge is 0.353 e. The topological polar surface area (TPSA) is 77.5 Å². The molecule has 1 aliphatic rings. The van der Waals surface area contributed by atoms with E-state index in [0.29, 0.717) is 27.6 Å². The first-order chi connectivity index (χ1) is 15.7. The molecule has 1 aromatic carbocycles. The molecule has 0 saturated carbocycles. The third-order valence-corrected chi connectivity index (χ3v) is 6.87. The van der Waals surface area contributed by atoms with E-state index in [2.05, 4.69) is 27.8 Å². The van der Waals surface area contributed by atoms with Crippen molar-refractivity contribution in [2.45, 2.75) is 6.92 Å². The van der Waals surface area contributed by atoms with Gasteiger partial charge in [-0.15, -0.1) is 11.3 Å². The summed E-state index contributed by atoms with van der Waals surface area (Å²) in [5, 5.41) is 10.5. The summed E-state index contributed by atoms with van der Waals surface area (Å²) in [6, 6.07) is 15.6. The number of thiazole rings is 1. The van der Waals surface area contributed by atoms with E-state index in [1.165, 1.54) is 15.7 Å². The molecule has 4 aromatic rings. The number of pyridine rings is 1. The molecule has 3 aromatic heterocycles. The van der Waals surface area contributed by atoms with Crippen molar-refractivity contribution < 1.29 is 0 Å². The number of para-hydroxylation sites is 1. The predicted molar refractivity (Wildman–Crippen MR) is 129 cm³/mol. The number of allylic oxidation sites excluding steroid dienone is 1. The molecular formula is C24H22N6OS. The molecule has 8 heteroatoms. The molecule has 0 aliphatic carbocycles. The van der Waals surface area contributed by atoms with Crippen LogP contribution in [0.3, 0.4) is 0 Å². The molecule has 5 rings (SSSR count). The van der Waals surface area contributed by atoms with Crippen molar-refractivity contribution in [2.24, 2.45) is 0 Å². The standard InChI is InChI=1S/C24H22N6OS/c1-2-28-11-13-29(14-12-28)22-18(24(31)30-10-6-5-9-21(30)27-22)15-17(16-25)23-26-19-7-3-4-8-20(19)32-23/h3-10,15H,2,11-14H2,1H3/b17-15+. The van der Waals surface area contributed by atoms with Crippen molar-refractivity contribution in [3.63, 3.8) is 0 Å². The summed E-state index contributed by atoms with van der Waals surface area (Å²) in [7, 11) is 0. The van der Waals surface area contributed by atoms with Crippen LogP contribution in [0.4, 0.5) is 5.82 Å². The molecule has 0 radical (unpaired) electrons. The zero-order valence-electron chi connectivity index (χ0n) is 17.7. The van der Waals surface area contributed by atoms with Crippen LogP contribution in [0.25, 0.3) is 27.5 Å². The fourth-order valence-electron chi connectivity index (χ4n) is 4.01. The van der Waals surface area contributed by atoms with Crippen LogP contribution in [0.2, 0.25) is 0 Å². The molecule has 0 N–H and O–H groups in total. The van der Waals surface area contributed by atoms with E-state index < -0.39 is 0 Å². The highest BCUT2D eigenvalue weighted by Crippen LogP contribution is 2.29. The number of nitriles is 1. The summed E-state index contributed by atoms with van der Waals surface area (Å²) in [5.41, 5.74) is 2.06. The second-order valence-corrected chi connectivity index (χ2v) is 8.69. The first-order valence-electron chi connectivity index (χ1n) is 10.6. The highest BCUT2D eigenvalue weighted by atomic mass is 32.1. The molecule has 7 nitrogen and oxygen atoms in total. The van der Waals surface area contributed by atoms with Gasteiger partial charge in [-0.3, -0.25) is 9.20 Å². The second-order valence-electron chi connectivity index (χ2n) is 7.66. The van der Waals surface area contributed by atoms with Crippen LogP contribution in [0, 0.1) is 11.3 Å². The normalized spacial score (nSPS) is 15.4. The van der Waals surface area contributed by atoms with Crippen LogP contribution < -0.4 is 10.5 Å². The van der Waals surface area contributed by atoms with Crippen molar-refractivity contribution in [1.82, 2.24) is 19.3 Å². The number of fused-ring (bicyclic) bond motifs is 2. The van der Waals surface area contributed by atoms with Crippen molar-refractivity contribution >= 4 is 44.7 Å². The Hall–Kier alpha value is -3.54. The zero-order valence-corrected chi connectivity index (χ0v) is 18.5. The first-order valence-corrected chi connectivity index (χ1v) is 11.5. The lowest BCUT2D eigenvalue weighted by Crippen LogP contribution is -2.47. The quantitative estimate of drug-likeness (QED) is 0.450. The highest BCUT2D eigenvalue weighted by molar-refractivity contribution is 7.19. The van der Waals surface area contributed by atoms with Gasteiger partial charge in [0.1, 0.15) is 22.5 Å². The Morgan fingerprint density at radius 3 is 2.66 bits per heavy atom. The lowest BCUT2D eigenvalue weighted by atomic mass is 10.1. The molecule has 0 bridgehead atoms. The minimum absolute atomic E-state index is 0.183. The van der Waals surface area contributed by atoms with Crippen LogP contribution in [0.1, 0.15) is 17.5 Å². The predicted octanol–water partition coefficient (Wildman–Crippen LogP) is 3.51. The Morgan fingerprint density at radius 1 is 1.12 bits per heavy atom. The van der Waals surface area contributed by atoms with Gasteiger partial charge in [0.05, 0.1) is 21.4 Å². The maximum atomic E-state index is 13.5. The van der Waals surface area contributed by atoms with Gasteiger partial charge in [-0.05, 0) is 36.9 Å². The van der Waals surface area contributed by atoms with Crippen LogP contribution in [0.5, 0.6) is 0 Å². The van der Waals surface area contributed by atoms with Crippen LogP contribution in [-0.4, -0.2) is 52.0 Å². The number of rotatable bonds is 4. The Bertz CT molecular complexity index is 1390. The monoisotopic (exact) mass is 442 g/mol. The van der Waals surface area contributed by atoms with Gasteiger partial charge in [-0.2, -0.15) is 5.26 Å². The van der Waals surface area contributed by atoms with E-state index in [-0.39, 0.29) is 5.56 Å². The van der Waals surface area contributed by atoms with E-state index in [1.54, 1.807) is 12.3 Å². The average Bonchev–Trinajstić information content (AvgIpc) is 3.27. The number of nitrogens with zero attached hydrogens (tertiary/aromatic N) is 6. The summed E-state index contributed by atoms with van der Waals surface area (Å²) in [4.78, 5) is 27.5. The van der Waals surface area contributed by atoms with Gasteiger partial charge in [0.15, 0.2) is 0 Å². The molecule has 0 spiro atoms. The lowest BCUT2D eigenvalue weighted by Gasteiger charge is -2.35. The molecule has 0 unspecified atom stereocenters. The third kappa shape index (κ3) is 3.66. The van der Waals surface area contributed by atoms with Crippen molar-refractivity contribution in [3.05, 3.63) is 69.6 Å². The van der Waals surface area contributed by atoms with E-state index in [0.717, 1.165) is 42.9 Å². The molecular weight excluding hydrogens is 420 g/mol. The van der Waals surface area contributed by atoms with Gasteiger partial charge in [0.2, 0.25) is 0 Å². The number of piperazine rings is 1. The molecule has 32 heavy (non-hydrogen) atoms. The minimum Gasteiger partial charge on any atom is -0.353 e. The van der Waals surface area contributed by atoms with Crippen LogP contribution in [0.15, 0.2) is 53.5 Å². The molecule has 1 fully saturated rings. The summed E-state index contributed by atoms with van der Waals surface area (Å²) >= 11 is 1.45. The maximum absolute atomic E-state index is 13.5. The minimum atomic E-state index is -0.183. The molecule has 0 amide bonds. The van der Waals surface area contributed by atoms with E-state index in [1.807, 2.05) is 42.5 Å². The molecule has 160 valence electrons.